The Morgan fingerprint density at radius 3 is 2.94 bits per heavy atom. The molecule has 5 aromatic heterocycles. The van der Waals surface area contributed by atoms with E-state index in [2.05, 4.69) is 40.7 Å². The van der Waals surface area contributed by atoms with Gasteiger partial charge in [-0.05, 0) is 6.92 Å². The molecule has 5 aromatic rings. The molecular formula is C20H21N9O3. The van der Waals surface area contributed by atoms with Crippen molar-refractivity contribution < 1.29 is 9.52 Å². The highest BCUT2D eigenvalue weighted by atomic mass is 16.3. The summed E-state index contributed by atoms with van der Waals surface area (Å²) < 4.78 is 6.73. The SMILES string of the molecule is C[C@H](Nc1c(-c2nc3cnc(NCCO)cc3[nH]2)c(=O)[nH]c2cn(C)nc12)c1cocn1. The molecule has 5 heterocycles. The average molecular weight is 435 g/mol. The summed E-state index contributed by atoms with van der Waals surface area (Å²) in [5, 5.41) is 19.9. The van der Waals surface area contributed by atoms with E-state index in [0.29, 0.717) is 57.2 Å². The summed E-state index contributed by atoms with van der Waals surface area (Å²) in [5.41, 5.74) is 3.74. The van der Waals surface area contributed by atoms with Gasteiger partial charge in [0.25, 0.3) is 5.56 Å². The fourth-order valence-electron chi connectivity index (χ4n) is 3.59. The minimum Gasteiger partial charge on any atom is -0.451 e. The first-order valence-electron chi connectivity index (χ1n) is 9.98. The van der Waals surface area contributed by atoms with Crippen molar-refractivity contribution in [2.45, 2.75) is 13.0 Å². The van der Waals surface area contributed by atoms with Crippen molar-refractivity contribution in [3.63, 3.8) is 0 Å². The van der Waals surface area contributed by atoms with Gasteiger partial charge in [-0.25, -0.2) is 15.0 Å². The second kappa shape index (κ2) is 7.81. The Balaban J connectivity index is 1.66. The van der Waals surface area contributed by atoms with Gasteiger partial charge in [0.1, 0.15) is 40.2 Å². The van der Waals surface area contributed by atoms with Crippen LogP contribution in [0.5, 0.6) is 0 Å². The molecule has 5 N–H and O–H groups in total. The van der Waals surface area contributed by atoms with Crippen LogP contribution in [0.4, 0.5) is 11.5 Å². The summed E-state index contributed by atoms with van der Waals surface area (Å²) in [5.74, 6) is 0.971. The maximum Gasteiger partial charge on any atom is 0.261 e. The molecule has 0 aromatic carbocycles. The molecule has 1 atom stereocenters. The second-order valence-electron chi connectivity index (χ2n) is 7.37. The van der Waals surface area contributed by atoms with E-state index in [9.17, 15) is 4.79 Å². The van der Waals surface area contributed by atoms with Crippen LogP contribution >= 0.6 is 0 Å². The molecule has 0 spiro atoms. The number of hydrogen-bond donors (Lipinski definition) is 5. The van der Waals surface area contributed by atoms with Crippen LogP contribution < -0.4 is 16.2 Å². The minimum absolute atomic E-state index is 0.00779. The lowest BCUT2D eigenvalue weighted by molar-refractivity contribution is 0.311. The van der Waals surface area contributed by atoms with Crippen molar-refractivity contribution in [2.75, 3.05) is 23.8 Å². The van der Waals surface area contributed by atoms with E-state index in [1.165, 1.54) is 6.39 Å². The van der Waals surface area contributed by atoms with Gasteiger partial charge in [-0.15, -0.1) is 0 Å². The summed E-state index contributed by atoms with van der Waals surface area (Å²) in [6.45, 7) is 2.29. The van der Waals surface area contributed by atoms with E-state index >= 15 is 0 Å². The van der Waals surface area contributed by atoms with Crippen LogP contribution in [-0.4, -0.2) is 53.0 Å². The van der Waals surface area contributed by atoms with Crippen molar-refractivity contribution in [1.29, 1.82) is 0 Å². The Labute approximate surface area is 180 Å². The molecule has 5 rings (SSSR count). The molecule has 0 saturated carbocycles. The van der Waals surface area contributed by atoms with Crippen LogP contribution in [0, 0.1) is 0 Å². The first kappa shape index (κ1) is 19.8. The third-order valence-electron chi connectivity index (χ3n) is 5.07. The number of fused-ring (bicyclic) bond motifs is 2. The molecular weight excluding hydrogens is 414 g/mol. The average Bonchev–Trinajstić information content (AvgIpc) is 3.50. The number of aromatic amines is 2. The van der Waals surface area contributed by atoms with Crippen LogP contribution in [0.1, 0.15) is 18.7 Å². The highest BCUT2D eigenvalue weighted by Crippen LogP contribution is 2.32. The lowest BCUT2D eigenvalue weighted by Gasteiger charge is -2.15. The number of H-pyrrole nitrogens is 2. The van der Waals surface area contributed by atoms with Crippen molar-refractivity contribution in [3.05, 3.63) is 47.2 Å². The Morgan fingerprint density at radius 2 is 2.16 bits per heavy atom. The standard InChI is InChI=1S/C20H21N9O3/c1-10(14-8-32-9-23-14)24-18-16(20(31)27-13-7-29(2)28-17(13)18)19-25-11-5-15(21-3-4-30)22-6-12(11)26-19/h5-10,24,30H,3-4H2,1-2H3,(H,21,22)(H,25,26)(H,27,31)/t10-/m0/s1. The Bertz CT molecular complexity index is 1450. The smallest absolute Gasteiger partial charge is 0.261 e. The number of aliphatic hydroxyl groups is 1. The molecule has 0 amide bonds. The van der Waals surface area contributed by atoms with E-state index in [1.807, 2.05) is 6.92 Å². The number of nitrogens with zero attached hydrogens (tertiary/aromatic N) is 5. The maximum absolute atomic E-state index is 13.1. The summed E-state index contributed by atoms with van der Waals surface area (Å²) in [6.07, 6.45) is 6.26. The highest BCUT2D eigenvalue weighted by Gasteiger charge is 2.22. The van der Waals surface area contributed by atoms with E-state index in [-0.39, 0.29) is 18.2 Å². The highest BCUT2D eigenvalue weighted by molar-refractivity contribution is 5.96. The fourth-order valence-corrected chi connectivity index (χ4v) is 3.59. The molecule has 12 nitrogen and oxygen atoms in total. The summed E-state index contributed by atoms with van der Waals surface area (Å²) >= 11 is 0. The zero-order valence-electron chi connectivity index (χ0n) is 17.4. The summed E-state index contributed by atoms with van der Waals surface area (Å²) in [7, 11) is 1.79. The molecule has 0 saturated heterocycles. The molecule has 0 bridgehead atoms. The number of aryl methyl sites for hydroxylation is 1. The number of aliphatic hydroxyl groups excluding tert-OH is 1. The zero-order valence-corrected chi connectivity index (χ0v) is 17.4. The van der Waals surface area contributed by atoms with Gasteiger partial charge >= 0.3 is 0 Å². The van der Waals surface area contributed by atoms with E-state index < -0.39 is 0 Å². The first-order valence-corrected chi connectivity index (χ1v) is 9.98. The monoisotopic (exact) mass is 435 g/mol. The molecule has 164 valence electrons. The van der Waals surface area contributed by atoms with Gasteiger partial charge in [-0.2, -0.15) is 5.10 Å². The molecule has 0 radical (unpaired) electrons. The topological polar surface area (TPSA) is 163 Å². The van der Waals surface area contributed by atoms with Crippen molar-refractivity contribution in [3.8, 4) is 11.4 Å². The molecule has 0 aliphatic rings. The number of nitrogens with one attached hydrogen (secondary N) is 4. The van der Waals surface area contributed by atoms with Crippen molar-refractivity contribution in [2.24, 2.45) is 7.05 Å². The Hall–Kier alpha value is -4.19. The fraction of sp³-hybridized carbons (Fsp3) is 0.250. The van der Waals surface area contributed by atoms with Gasteiger partial charge < -0.3 is 30.1 Å². The third-order valence-corrected chi connectivity index (χ3v) is 5.07. The predicted molar refractivity (Wildman–Crippen MR) is 118 cm³/mol. The number of imidazole rings is 1. The minimum atomic E-state index is -0.314. The van der Waals surface area contributed by atoms with Crippen LogP contribution in [0.25, 0.3) is 33.5 Å². The largest absolute Gasteiger partial charge is 0.451 e. The maximum atomic E-state index is 13.1. The Kier molecular flexibility index (Phi) is 4.82. The van der Waals surface area contributed by atoms with Gasteiger partial charge in [0.15, 0.2) is 6.39 Å². The van der Waals surface area contributed by atoms with Gasteiger partial charge in [0.05, 0.1) is 35.6 Å². The predicted octanol–water partition coefficient (Wildman–Crippen LogP) is 1.77. The molecule has 32 heavy (non-hydrogen) atoms. The van der Waals surface area contributed by atoms with Crippen molar-refractivity contribution in [1.82, 2.24) is 34.7 Å². The lowest BCUT2D eigenvalue weighted by atomic mass is 10.1. The molecule has 0 fully saturated rings. The molecule has 0 unspecified atom stereocenters. The van der Waals surface area contributed by atoms with Crippen LogP contribution in [0.15, 0.2) is 40.3 Å². The normalized spacial score (nSPS) is 12.5. The summed E-state index contributed by atoms with van der Waals surface area (Å²) in [6, 6.07) is 1.53. The van der Waals surface area contributed by atoms with Crippen LogP contribution in [0.2, 0.25) is 0 Å². The number of rotatable bonds is 7. The number of oxazole rings is 1. The molecule has 12 heteroatoms. The Morgan fingerprint density at radius 1 is 1.28 bits per heavy atom. The van der Waals surface area contributed by atoms with Gasteiger partial charge in [0.2, 0.25) is 0 Å². The van der Waals surface area contributed by atoms with E-state index in [4.69, 9.17) is 9.52 Å². The molecule has 0 aliphatic heterocycles. The van der Waals surface area contributed by atoms with Crippen LogP contribution in [-0.2, 0) is 7.05 Å². The van der Waals surface area contributed by atoms with Crippen LogP contribution in [0.3, 0.4) is 0 Å². The second-order valence-corrected chi connectivity index (χ2v) is 7.37. The summed E-state index contributed by atoms with van der Waals surface area (Å²) in [4.78, 5) is 32.3. The zero-order chi connectivity index (χ0) is 22.2. The third kappa shape index (κ3) is 3.46. The van der Waals surface area contributed by atoms with Gasteiger partial charge in [0, 0.05) is 25.9 Å². The van der Waals surface area contributed by atoms with E-state index in [1.54, 1.807) is 36.5 Å². The first-order chi connectivity index (χ1) is 15.5. The number of pyridine rings is 2. The number of hydrogen-bond acceptors (Lipinski definition) is 9. The quantitative estimate of drug-likeness (QED) is 0.256. The number of aromatic nitrogens is 7. The lowest BCUT2D eigenvalue weighted by Crippen LogP contribution is -2.16. The van der Waals surface area contributed by atoms with Gasteiger partial charge in [-0.3, -0.25) is 9.48 Å². The van der Waals surface area contributed by atoms with E-state index in [0.717, 1.165) is 0 Å². The number of anilines is 2. The van der Waals surface area contributed by atoms with Crippen molar-refractivity contribution >= 4 is 33.6 Å². The molecule has 0 aliphatic carbocycles. The van der Waals surface area contributed by atoms with Gasteiger partial charge in [-0.1, -0.05) is 0 Å².